The lowest BCUT2D eigenvalue weighted by Gasteiger charge is -2.04. The lowest BCUT2D eigenvalue weighted by Crippen LogP contribution is -2.01. The maximum Gasteiger partial charge on any atom is 0.185 e. The Morgan fingerprint density at radius 2 is 2.24 bits per heavy atom. The fourth-order valence-electron chi connectivity index (χ4n) is 1.95. The fourth-order valence-corrected chi connectivity index (χ4v) is 1.95. The molecule has 0 saturated carbocycles. The molecule has 4 heteroatoms. The predicted octanol–water partition coefficient (Wildman–Crippen LogP) is 2.67. The van der Waals surface area contributed by atoms with Crippen LogP contribution in [0.2, 0.25) is 0 Å². The van der Waals surface area contributed by atoms with E-state index in [2.05, 4.69) is 9.97 Å². The van der Waals surface area contributed by atoms with Crippen LogP contribution in [0, 0.1) is 6.92 Å². The molecule has 0 aliphatic carbocycles. The third-order valence-electron chi connectivity index (χ3n) is 2.82. The maximum atomic E-state index is 11.9. The summed E-state index contributed by atoms with van der Waals surface area (Å²) in [5.74, 6) is 0.422. The molecule has 1 aromatic carbocycles. The van der Waals surface area contributed by atoms with Gasteiger partial charge in [-0.25, -0.2) is 4.98 Å². The maximum absolute atomic E-state index is 11.9. The molecule has 1 aromatic heterocycles. The Kier molecular flexibility index (Phi) is 3.04. The minimum absolute atomic E-state index is 0.127. The SMILES string of the molecule is CCCC(=O)c1ccc2[nH]c(C=O)nc2c1C. The first-order valence-corrected chi connectivity index (χ1v) is 5.65. The standard InChI is InChI=1S/C13H14N2O2/c1-3-4-11(17)9-5-6-10-13(8(9)2)15-12(7-16)14-10/h5-7H,3-4H2,1-2H3,(H,14,15). The molecule has 0 unspecified atom stereocenters. The van der Waals surface area contributed by atoms with Crippen LogP contribution >= 0.6 is 0 Å². The van der Waals surface area contributed by atoms with E-state index in [-0.39, 0.29) is 5.78 Å². The average molecular weight is 230 g/mol. The number of rotatable bonds is 4. The molecule has 0 atom stereocenters. The third kappa shape index (κ3) is 1.98. The van der Waals surface area contributed by atoms with Gasteiger partial charge in [0.2, 0.25) is 0 Å². The molecule has 4 nitrogen and oxygen atoms in total. The summed E-state index contributed by atoms with van der Waals surface area (Å²) in [7, 11) is 0. The van der Waals surface area contributed by atoms with Crippen molar-refractivity contribution in [2.75, 3.05) is 0 Å². The molecule has 0 aliphatic rings. The molecule has 0 aliphatic heterocycles. The number of carbonyl (C=O) groups excluding carboxylic acids is 2. The van der Waals surface area contributed by atoms with E-state index in [1.807, 2.05) is 13.8 Å². The number of Topliss-reactive ketones (excluding diaryl/α,β-unsaturated/α-hetero) is 1. The number of aromatic amines is 1. The number of aldehydes is 1. The first kappa shape index (κ1) is 11.5. The molecular weight excluding hydrogens is 216 g/mol. The summed E-state index contributed by atoms with van der Waals surface area (Å²) in [6, 6.07) is 3.59. The van der Waals surface area contributed by atoms with Crippen LogP contribution in [0.25, 0.3) is 11.0 Å². The second kappa shape index (κ2) is 4.49. The minimum atomic E-state index is 0.127. The van der Waals surface area contributed by atoms with Crippen LogP contribution in [0.15, 0.2) is 12.1 Å². The van der Waals surface area contributed by atoms with Crippen molar-refractivity contribution in [3.05, 3.63) is 29.1 Å². The zero-order chi connectivity index (χ0) is 12.4. The number of benzene rings is 1. The Bertz CT molecular complexity index is 584. The van der Waals surface area contributed by atoms with Gasteiger partial charge >= 0.3 is 0 Å². The highest BCUT2D eigenvalue weighted by molar-refractivity contribution is 6.01. The molecule has 1 N–H and O–H groups in total. The van der Waals surface area contributed by atoms with Crippen molar-refractivity contribution in [1.29, 1.82) is 0 Å². The number of aromatic nitrogens is 2. The molecule has 0 bridgehead atoms. The number of hydrogen-bond donors (Lipinski definition) is 1. The number of imidazole rings is 1. The summed E-state index contributed by atoms with van der Waals surface area (Å²) in [6.45, 7) is 3.84. The monoisotopic (exact) mass is 230 g/mol. The van der Waals surface area contributed by atoms with Crippen LogP contribution in [0.5, 0.6) is 0 Å². The van der Waals surface area contributed by atoms with Crippen molar-refractivity contribution >= 4 is 23.1 Å². The van der Waals surface area contributed by atoms with Crippen molar-refractivity contribution in [2.24, 2.45) is 0 Å². The van der Waals surface area contributed by atoms with Crippen molar-refractivity contribution < 1.29 is 9.59 Å². The minimum Gasteiger partial charge on any atom is -0.336 e. The second-order valence-corrected chi connectivity index (χ2v) is 4.05. The highest BCUT2D eigenvalue weighted by Gasteiger charge is 2.13. The number of H-pyrrole nitrogens is 1. The molecule has 17 heavy (non-hydrogen) atoms. The number of aryl methyl sites for hydroxylation is 1. The van der Waals surface area contributed by atoms with E-state index >= 15 is 0 Å². The lowest BCUT2D eigenvalue weighted by molar-refractivity contribution is 0.0981. The van der Waals surface area contributed by atoms with Crippen LogP contribution in [-0.4, -0.2) is 22.0 Å². The van der Waals surface area contributed by atoms with Gasteiger partial charge in [0.25, 0.3) is 0 Å². The Morgan fingerprint density at radius 1 is 1.47 bits per heavy atom. The molecule has 1 heterocycles. The molecule has 88 valence electrons. The lowest BCUT2D eigenvalue weighted by atomic mass is 10.0. The smallest absolute Gasteiger partial charge is 0.185 e. The largest absolute Gasteiger partial charge is 0.336 e. The zero-order valence-corrected chi connectivity index (χ0v) is 9.91. The third-order valence-corrected chi connectivity index (χ3v) is 2.82. The van der Waals surface area contributed by atoms with Gasteiger partial charge in [-0.3, -0.25) is 9.59 Å². The molecule has 0 spiro atoms. The van der Waals surface area contributed by atoms with Crippen molar-refractivity contribution in [3.63, 3.8) is 0 Å². The van der Waals surface area contributed by atoms with Crippen LogP contribution in [0.4, 0.5) is 0 Å². The molecule has 0 fully saturated rings. The summed E-state index contributed by atoms with van der Waals surface area (Å²) in [6.07, 6.45) is 2.04. The van der Waals surface area contributed by atoms with Crippen LogP contribution in [-0.2, 0) is 0 Å². The van der Waals surface area contributed by atoms with E-state index in [4.69, 9.17) is 0 Å². The summed E-state index contributed by atoms with van der Waals surface area (Å²) in [4.78, 5) is 29.6. The number of fused-ring (bicyclic) bond motifs is 1. The number of ketones is 1. The van der Waals surface area contributed by atoms with Gasteiger partial charge in [-0.2, -0.15) is 0 Å². The summed E-state index contributed by atoms with van der Waals surface area (Å²) in [5, 5.41) is 0. The molecule has 0 radical (unpaired) electrons. The molecule has 2 rings (SSSR count). The van der Waals surface area contributed by atoms with E-state index < -0.39 is 0 Å². The van der Waals surface area contributed by atoms with Gasteiger partial charge in [0.05, 0.1) is 11.0 Å². The predicted molar refractivity (Wildman–Crippen MR) is 65.5 cm³/mol. The van der Waals surface area contributed by atoms with Crippen LogP contribution in [0.1, 0.15) is 46.3 Å². The van der Waals surface area contributed by atoms with E-state index in [0.29, 0.717) is 29.6 Å². The zero-order valence-electron chi connectivity index (χ0n) is 9.91. The van der Waals surface area contributed by atoms with Gasteiger partial charge in [-0.1, -0.05) is 6.92 Å². The van der Waals surface area contributed by atoms with Crippen LogP contribution in [0.3, 0.4) is 0 Å². The Morgan fingerprint density at radius 3 is 2.88 bits per heavy atom. The second-order valence-electron chi connectivity index (χ2n) is 4.05. The summed E-state index contributed by atoms with van der Waals surface area (Å²) >= 11 is 0. The van der Waals surface area contributed by atoms with Gasteiger partial charge in [-0.15, -0.1) is 0 Å². The van der Waals surface area contributed by atoms with E-state index in [9.17, 15) is 9.59 Å². The fraction of sp³-hybridized carbons (Fsp3) is 0.308. The molecule has 0 amide bonds. The number of nitrogens with one attached hydrogen (secondary N) is 1. The highest BCUT2D eigenvalue weighted by atomic mass is 16.1. The van der Waals surface area contributed by atoms with Crippen molar-refractivity contribution in [2.45, 2.75) is 26.7 Å². The number of nitrogens with zero attached hydrogens (tertiary/aromatic N) is 1. The Hall–Kier alpha value is -1.97. The summed E-state index contributed by atoms with van der Waals surface area (Å²) < 4.78 is 0. The molecule has 2 aromatic rings. The van der Waals surface area contributed by atoms with E-state index in [1.54, 1.807) is 12.1 Å². The van der Waals surface area contributed by atoms with Gasteiger partial charge in [0.1, 0.15) is 0 Å². The number of hydrogen-bond acceptors (Lipinski definition) is 3. The average Bonchev–Trinajstić information content (AvgIpc) is 2.73. The Balaban J connectivity index is 2.56. The Labute approximate surface area is 99.1 Å². The molecule has 0 saturated heterocycles. The van der Waals surface area contributed by atoms with Gasteiger partial charge in [-0.05, 0) is 31.0 Å². The van der Waals surface area contributed by atoms with Crippen molar-refractivity contribution in [3.8, 4) is 0 Å². The normalized spacial score (nSPS) is 10.7. The first-order chi connectivity index (χ1) is 8.17. The highest BCUT2D eigenvalue weighted by Crippen LogP contribution is 2.21. The van der Waals surface area contributed by atoms with E-state index in [1.165, 1.54) is 0 Å². The molecular formula is C13H14N2O2. The van der Waals surface area contributed by atoms with Gasteiger partial charge in [0.15, 0.2) is 17.9 Å². The quantitative estimate of drug-likeness (QED) is 0.648. The topological polar surface area (TPSA) is 62.8 Å². The van der Waals surface area contributed by atoms with Crippen LogP contribution < -0.4 is 0 Å². The van der Waals surface area contributed by atoms with E-state index in [0.717, 1.165) is 17.5 Å². The number of carbonyl (C=O) groups is 2. The van der Waals surface area contributed by atoms with Gasteiger partial charge < -0.3 is 4.98 Å². The van der Waals surface area contributed by atoms with Crippen molar-refractivity contribution in [1.82, 2.24) is 9.97 Å². The first-order valence-electron chi connectivity index (χ1n) is 5.65. The van der Waals surface area contributed by atoms with Gasteiger partial charge in [0, 0.05) is 12.0 Å². The summed E-state index contributed by atoms with van der Waals surface area (Å²) in [5.41, 5.74) is 3.03.